The third-order valence-corrected chi connectivity index (χ3v) is 5.09. The van der Waals surface area contributed by atoms with Crippen LogP contribution in [0.5, 0.6) is 5.75 Å². The van der Waals surface area contributed by atoms with E-state index < -0.39 is 21.7 Å². The van der Waals surface area contributed by atoms with Gasteiger partial charge in [0.1, 0.15) is 0 Å². The van der Waals surface area contributed by atoms with Crippen molar-refractivity contribution in [2.45, 2.75) is 11.9 Å². The second kappa shape index (κ2) is 7.06. The van der Waals surface area contributed by atoms with Gasteiger partial charge in [0.05, 0.1) is 15.6 Å². The minimum atomic E-state index is -3.46. The summed E-state index contributed by atoms with van der Waals surface area (Å²) in [4.78, 5) is 27.0. The first-order valence-corrected chi connectivity index (χ1v) is 9.75. The summed E-state index contributed by atoms with van der Waals surface area (Å²) in [7, 11) is -3.46. The molecule has 0 bridgehead atoms. The molecule has 1 heterocycles. The van der Waals surface area contributed by atoms with Crippen molar-refractivity contribution in [3.8, 4) is 5.75 Å². The average Bonchev–Trinajstić information content (AvgIpc) is 2.90. The molecule has 2 aromatic rings. The lowest BCUT2D eigenvalue weighted by Crippen LogP contribution is -2.13. The van der Waals surface area contributed by atoms with Crippen LogP contribution >= 0.6 is 34.5 Å². The first-order valence-electron chi connectivity index (χ1n) is 6.22. The Morgan fingerprint density at radius 2 is 1.92 bits per heavy atom. The van der Waals surface area contributed by atoms with E-state index in [0.29, 0.717) is 0 Å². The van der Waals surface area contributed by atoms with E-state index in [1.54, 1.807) is 0 Å². The lowest BCUT2D eigenvalue weighted by atomic mass is 10.2. The molecule has 1 N–H and O–H groups in total. The highest BCUT2D eigenvalue weighted by Crippen LogP contribution is 2.32. The predicted octanol–water partition coefficient (Wildman–Crippen LogP) is 3.03. The van der Waals surface area contributed by atoms with Crippen LogP contribution < -0.4 is 10.1 Å². The molecule has 7 nitrogen and oxygen atoms in total. The Labute approximate surface area is 151 Å². The third kappa shape index (κ3) is 4.44. The number of sulfone groups is 1. The van der Waals surface area contributed by atoms with Crippen molar-refractivity contribution in [1.29, 1.82) is 0 Å². The smallest absolute Gasteiger partial charge is 0.308 e. The fourth-order valence-corrected chi connectivity index (χ4v) is 3.75. The largest absolute Gasteiger partial charge is 0.425 e. The van der Waals surface area contributed by atoms with Crippen molar-refractivity contribution in [1.82, 2.24) is 4.98 Å². The van der Waals surface area contributed by atoms with Gasteiger partial charge in [-0.05, 0) is 6.07 Å². The van der Waals surface area contributed by atoms with E-state index in [0.717, 1.165) is 17.6 Å². The van der Waals surface area contributed by atoms with Crippen LogP contribution in [0.15, 0.2) is 22.5 Å². The molecule has 11 heteroatoms. The van der Waals surface area contributed by atoms with E-state index in [-0.39, 0.29) is 31.5 Å². The number of amides is 1. The molecule has 0 saturated carbocycles. The van der Waals surface area contributed by atoms with Gasteiger partial charge in [-0.25, -0.2) is 13.4 Å². The Kier molecular flexibility index (Phi) is 5.49. The average molecular weight is 409 g/mol. The topological polar surface area (TPSA) is 102 Å². The third-order valence-electron chi connectivity index (χ3n) is 2.60. The number of rotatable bonds is 4. The number of hydrogen-bond acceptors (Lipinski definition) is 7. The summed E-state index contributed by atoms with van der Waals surface area (Å²) in [5, 5.41) is 3.72. The van der Waals surface area contributed by atoms with Gasteiger partial charge in [-0.2, -0.15) is 0 Å². The fourth-order valence-electron chi connectivity index (χ4n) is 1.59. The van der Waals surface area contributed by atoms with Gasteiger partial charge in [0.15, 0.2) is 25.7 Å². The molecule has 2 rings (SSSR count). The molecule has 0 unspecified atom stereocenters. The highest BCUT2D eigenvalue weighted by Gasteiger charge is 2.18. The van der Waals surface area contributed by atoms with Crippen LogP contribution in [0.3, 0.4) is 0 Å². The predicted molar refractivity (Wildman–Crippen MR) is 90.9 cm³/mol. The summed E-state index contributed by atoms with van der Waals surface area (Å²) in [5.74, 6) is -1.19. The number of hydrogen-bond donors (Lipinski definition) is 1. The van der Waals surface area contributed by atoms with Gasteiger partial charge >= 0.3 is 5.97 Å². The van der Waals surface area contributed by atoms with Crippen molar-refractivity contribution in [3.05, 3.63) is 33.1 Å². The molecule has 1 aromatic carbocycles. The molecule has 128 valence electrons. The Morgan fingerprint density at radius 1 is 1.25 bits per heavy atom. The van der Waals surface area contributed by atoms with Crippen LogP contribution in [0, 0.1) is 0 Å². The van der Waals surface area contributed by atoms with Crippen molar-refractivity contribution >= 4 is 61.4 Å². The van der Waals surface area contributed by atoms with Gasteiger partial charge < -0.3 is 4.74 Å². The second-order valence-corrected chi connectivity index (χ2v) is 8.21. The number of esters is 1. The molecule has 1 aromatic heterocycles. The Hall–Kier alpha value is -1.68. The summed E-state index contributed by atoms with van der Waals surface area (Å²) in [6, 6.07) is 2.48. The molecule has 1 amide bonds. The summed E-state index contributed by atoms with van der Waals surface area (Å²) in [6.07, 6.45) is 1.01. The van der Waals surface area contributed by atoms with Gasteiger partial charge in [0, 0.05) is 24.6 Å². The molecule has 0 aliphatic carbocycles. The van der Waals surface area contributed by atoms with E-state index in [4.69, 9.17) is 27.9 Å². The minimum Gasteiger partial charge on any atom is -0.425 e. The zero-order chi connectivity index (χ0) is 18.1. The molecule has 24 heavy (non-hydrogen) atoms. The zero-order valence-electron chi connectivity index (χ0n) is 12.3. The Bertz CT molecular complexity index is 924. The van der Waals surface area contributed by atoms with Crippen LogP contribution in [0.25, 0.3) is 0 Å². The van der Waals surface area contributed by atoms with Gasteiger partial charge in [-0.1, -0.05) is 23.2 Å². The Morgan fingerprint density at radius 3 is 2.46 bits per heavy atom. The highest BCUT2D eigenvalue weighted by molar-refractivity contribution is 7.90. The normalized spacial score (nSPS) is 11.2. The molecular weight excluding hydrogens is 399 g/mol. The van der Waals surface area contributed by atoms with Crippen LogP contribution in [-0.2, 0) is 14.6 Å². The molecule has 0 aliphatic heterocycles. The van der Waals surface area contributed by atoms with Crippen LogP contribution in [0.2, 0.25) is 10.0 Å². The maximum absolute atomic E-state index is 12.2. The number of halogens is 2. The van der Waals surface area contributed by atoms with Gasteiger partial charge in [0.25, 0.3) is 5.91 Å². The fraction of sp³-hybridized carbons (Fsp3) is 0.154. The number of nitrogens with one attached hydrogen (secondary N) is 1. The van der Waals surface area contributed by atoms with Gasteiger partial charge in [0.2, 0.25) is 0 Å². The van der Waals surface area contributed by atoms with Gasteiger partial charge in [-0.3, -0.25) is 14.9 Å². The molecule has 0 saturated heterocycles. The van der Waals surface area contributed by atoms with Gasteiger partial charge in [-0.15, -0.1) is 11.3 Å². The minimum absolute atomic E-state index is 0.00745. The SMILES string of the molecule is CC(=O)Oc1cc(Cl)c(C(=O)Nc2nc(S(C)(=O)=O)cs2)cc1Cl. The standard InChI is InChI=1S/C13H10Cl2N2O5S2/c1-6(18)22-10-4-8(14)7(3-9(10)15)12(19)17-13-16-11(5-23-13)24(2,20)21/h3-5H,1-2H3,(H,16,17,19). The number of benzene rings is 1. The zero-order valence-corrected chi connectivity index (χ0v) is 15.4. The van der Waals surface area contributed by atoms with E-state index in [2.05, 4.69) is 10.3 Å². The van der Waals surface area contributed by atoms with E-state index >= 15 is 0 Å². The molecular formula is C13H10Cl2N2O5S2. The first-order chi connectivity index (χ1) is 11.1. The molecule has 0 fully saturated rings. The number of aromatic nitrogens is 1. The van der Waals surface area contributed by atoms with E-state index in [1.807, 2.05) is 0 Å². The lowest BCUT2D eigenvalue weighted by Gasteiger charge is -2.09. The second-order valence-electron chi connectivity index (χ2n) is 4.57. The number of carbonyl (C=O) groups is 2. The number of nitrogens with zero attached hydrogens (tertiary/aromatic N) is 1. The lowest BCUT2D eigenvalue weighted by molar-refractivity contribution is -0.131. The summed E-state index contributed by atoms with van der Waals surface area (Å²) in [5.41, 5.74) is 0.0219. The number of anilines is 1. The number of ether oxygens (including phenoxy) is 1. The molecule has 0 atom stereocenters. The summed E-state index contributed by atoms with van der Waals surface area (Å²) < 4.78 is 27.6. The Balaban J connectivity index is 2.25. The molecule has 0 radical (unpaired) electrons. The number of carbonyl (C=O) groups excluding carboxylic acids is 2. The van der Waals surface area contributed by atoms with Crippen molar-refractivity contribution in [2.75, 3.05) is 11.6 Å². The van der Waals surface area contributed by atoms with Crippen LogP contribution in [-0.4, -0.2) is 31.5 Å². The maximum atomic E-state index is 12.2. The highest BCUT2D eigenvalue weighted by atomic mass is 35.5. The van der Waals surface area contributed by atoms with E-state index in [1.165, 1.54) is 24.4 Å². The van der Waals surface area contributed by atoms with Crippen LogP contribution in [0.1, 0.15) is 17.3 Å². The summed E-state index contributed by atoms with van der Waals surface area (Å²) in [6.45, 7) is 1.20. The monoisotopic (exact) mass is 408 g/mol. The van der Waals surface area contributed by atoms with Crippen molar-refractivity contribution in [3.63, 3.8) is 0 Å². The molecule has 0 spiro atoms. The van der Waals surface area contributed by atoms with Crippen molar-refractivity contribution < 1.29 is 22.7 Å². The summed E-state index contributed by atoms with van der Waals surface area (Å²) >= 11 is 12.9. The number of thiazole rings is 1. The van der Waals surface area contributed by atoms with Crippen molar-refractivity contribution in [2.24, 2.45) is 0 Å². The first kappa shape index (κ1) is 18.7. The molecule has 0 aliphatic rings. The quantitative estimate of drug-likeness (QED) is 0.615. The van der Waals surface area contributed by atoms with E-state index in [9.17, 15) is 18.0 Å². The van der Waals surface area contributed by atoms with Crippen LogP contribution in [0.4, 0.5) is 5.13 Å². The maximum Gasteiger partial charge on any atom is 0.308 e.